The molecule has 1 saturated heterocycles. The molecule has 3 rings (SSSR count). The summed E-state index contributed by atoms with van der Waals surface area (Å²) in [5, 5.41) is 6.17. The molecule has 2 aromatic heterocycles. The van der Waals surface area contributed by atoms with E-state index in [4.69, 9.17) is 4.98 Å². The molecule has 1 atom stereocenters. The lowest BCUT2D eigenvalue weighted by atomic mass is 9.95. The fourth-order valence-corrected chi connectivity index (χ4v) is 3.76. The Morgan fingerprint density at radius 1 is 1.46 bits per heavy atom. The average Bonchev–Trinajstić information content (AvgIpc) is 3.11. The number of carbonyl (C=O) groups excluding carboxylic acids is 1. The summed E-state index contributed by atoms with van der Waals surface area (Å²) >= 11 is 1.58. The predicted molar refractivity (Wildman–Crippen MR) is 106 cm³/mol. The van der Waals surface area contributed by atoms with Crippen LogP contribution in [0, 0.1) is 0 Å². The molecule has 6 nitrogen and oxygen atoms in total. The number of anilines is 2. The summed E-state index contributed by atoms with van der Waals surface area (Å²) < 4.78 is 0. The van der Waals surface area contributed by atoms with Crippen molar-refractivity contribution in [3.63, 3.8) is 0 Å². The Morgan fingerprint density at radius 2 is 2.35 bits per heavy atom. The molecule has 3 heterocycles. The zero-order chi connectivity index (χ0) is 18.4. The quantitative estimate of drug-likeness (QED) is 0.791. The van der Waals surface area contributed by atoms with E-state index in [-0.39, 0.29) is 5.91 Å². The number of nitrogens with zero attached hydrogens (tertiary/aromatic N) is 4. The minimum Gasteiger partial charge on any atom is -0.339 e. The van der Waals surface area contributed by atoms with Crippen LogP contribution in [0.5, 0.6) is 0 Å². The van der Waals surface area contributed by atoms with E-state index in [1.165, 1.54) is 0 Å². The molecule has 138 valence electrons. The van der Waals surface area contributed by atoms with Crippen molar-refractivity contribution in [2.45, 2.75) is 18.8 Å². The van der Waals surface area contributed by atoms with E-state index in [0.29, 0.717) is 5.92 Å². The number of likely N-dealkylation sites (tertiary alicyclic amines) is 1. The van der Waals surface area contributed by atoms with Gasteiger partial charge in [-0.1, -0.05) is 12.1 Å². The topological polar surface area (TPSA) is 61.4 Å². The van der Waals surface area contributed by atoms with Crippen molar-refractivity contribution in [1.29, 1.82) is 0 Å². The lowest BCUT2D eigenvalue weighted by Gasteiger charge is -2.31. The van der Waals surface area contributed by atoms with E-state index in [1.807, 2.05) is 48.2 Å². The van der Waals surface area contributed by atoms with Gasteiger partial charge in [0.2, 0.25) is 5.91 Å². The minimum atomic E-state index is 0.0959. The van der Waals surface area contributed by atoms with Gasteiger partial charge >= 0.3 is 0 Å². The van der Waals surface area contributed by atoms with Gasteiger partial charge in [0.1, 0.15) is 5.82 Å². The van der Waals surface area contributed by atoms with Crippen molar-refractivity contribution in [3.8, 4) is 0 Å². The van der Waals surface area contributed by atoms with E-state index in [2.05, 4.69) is 15.7 Å². The van der Waals surface area contributed by atoms with Crippen molar-refractivity contribution in [1.82, 2.24) is 19.8 Å². The van der Waals surface area contributed by atoms with Gasteiger partial charge in [0, 0.05) is 43.2 Å². The molecule has 0 bridgehead atoms. The Bertz CT molecular complexity index is 743. The maximum absolute atomic E-state index is 12.4. The highest BCUT2D eigenvalue weighted by molar-refractivity contribution is 7.13. The Morgan fingerprint density at radius 3 is 3.12 bits per heavy atom. The monoisotopic (exact) mass is 371 g/mol. The van der Waals surface area contributed by atoms with Crippen LogP contribution < -0.4 is 5.32 Å². The predicted octanol–water partition coefficient (Wildman–Crippen LogP) is 3.11. The highest BCUT2D eigenvalue weighted by Gasteiger charge is 2.25. The van der Waals surface area contributed by atoms with Gasteiger partial charge < -0.3 is 15.1 Å². The molecule has 0 radical (unpaired) electrons. The first-order valence-electron chi connectivity index (χ1n) is 8.85. The zero-order valence-electron chi connectivity index (χ0n) is 15.3. The van der Waals surface area contributed by atoms with Crippen molar-refractivity contribution in [2.24, 2.45) is 0 Å². The molecule has 0 aromatic carbocycles. The number of likely N-dealkylation sites (N-methyl/N-ethyl adjacent to an activating group) is 1. The van der Waals surface area contributed by atoms with Crippen molar-refractivity contribution < 1.29 is 4.79 Å². The lowest BCUT2D eigenvalue weighted by Crippen LogP contribution is -2.38. The van der Waals surface area contributed by atoms with Crippen LogP contribution in [-0.4, -0.2) is 59.4 Å². The first kappa shape index (κ1) is 18.5. The number of thiazole rings is 1. The number of hydrogen-bond donors (Lipinski definition) is 1. The Balaban J connectivity index is 1.59. The zero-order valence-corrected chi connectivity index (χ0v) is 16.1. The molecular weight excluding hydrogens is 346 g/mol. The van der Waals surface area contributed by atoms with Gasteiger partial charge in [0.15, 0.2) is 5.13 Å². The summed E-state index contributed by atoms with van der Waals surface area (Å²) in [6.45, 7) is 2.33. The Hall–Kier alpha value is -2.25. The lowest BCUT2D eigenvalue weighted by molar-refractivity contribution is -0.127. The second-order valence-corrected chi connectivity index (χ2v) is 7.56. The molecule has 1 N–H and O–H groups in total. The summed E-state index contributed by atoms with van der Waals surface area (Å²) in [6.07, 6.45) is 7.45. The number of hydrogen-bond acceptors (Lipinski definition) is 6. The molecule has 0 spiro atoms. The Labute approximate surface area is 158 Å². The minimum absolute atomic E-state index is 0.0959. The number of amides is 1. The first-order valence-corrected chi connectivity index (χ1v) is 9.73. The molecule has 26 heavy (non-hydrogen) atoms. The molecule has 0 unspecified atom stereocenters. The van der Waals surface area contributed by atoms with Gasteiger partial charge in [0.05, 0.1) is 5.69 Å². The standard InChI is InChI=1S/C19H25N5OS/c1-23(2)11-6-9-18(25)24-12-5-7-15(13-24)16-14-26-19(21-16)22-17-8-3-4-10-20-17/h3-4,6,8-10,14-15H,5,7,11-13H2,1-2H3,(H,20,21,22)/b9-6+/t15-/m0/s1. The van der Waals surface area contributed by atoms with E-state index in [1.54, 1.807) is 23.6 Å². The fraction of sp³-hybridized carbons (Fsp3) is 0.421. The Kier molecular flexibility index (Phi) is 6.35. The third-order valence-corrected chi connectivity index (χ3v) is 5.08. The van der Waals surface area contributed by atoms with Gasteiger partial charge in [-0.2, -0.15) is 0 Å². The van der Waals surface area contributed by atoms with E-state index >= 15 is 0 Å². The number of carbonyl (C=O) groups is 1. The van der Waals surface area contributed by atoms with E-state index in [9.17, 15) is 4.79 Å². The first-order chi connectivity index (χ1) is 12.6. The second kappa shape index (κ2) is 8.91. The van der Waals surface area contributed by atoms with Crippen molar-refractivity contribution in [3.05, 3.63) is 47.6 Å². The van der Waals surface area contributed by atoms with Crippen molar-refractivity contribution in [2.75, 3.05) is 39.0 Å². The average molecular weight is 372 g/mol. The van der Waals surface area contributed by atoms with Gasteiger partial charge in [-0.3, -0.25) is 4.79 Å². The highest BCUT2D eigenvalue weighted by Crippen LogP contribution is 2.30. The number of aromatic nitrogens is 2. The molecule has 1 aliphatic heterocycles. The normalized spacial score (nSPS) is 17.8. The summed E-state index contributed by atoms with van der Waals surface area (Å²) in [6, 6.07) is 5.75. The van der Waals surface area contributed by atoms with Crippen molar-refractivity contribution >= 4 is 28.2 Å². The molecular formula is C19H25N5OS. The van der Waals surface area contributed by atoms with Crippen LogP contribution in [0.15, 0.2) is 41.9 Å². The molecule has 1 fully saturated rings. The second-order valence-electron chi connectivity index (χ2n) is 6.71. The molecule has 1 amide bonds. The summed E-state index contributed by atoms with van der Waals surface area (Å²) in [4.78, 5) is 25.3. The fourth-order valence-electron chi connectivity index (χ4n) is 2.97. The van der Waals surface area contributed by atoms with Crippen LogP contribution in [0.3, 0.4) is 0 Å². The molecule has 7 heteroatoms. The number of piperidine rings is 1. The molecule has 0 saturated carbocycles. The highest BCUT2D eigenvalue weighted by atomic mass is 32.1. The van der Waals surface area contributed by atoms with Crippen LogP contribution in [0.2, 0.25) is 0 Å². The molecule has 1 aliphatic rings. The maximum atomic E-state index is 12.4. The summed E-state index contributed by atoms with van der Waals surface area (Å²) in [5.41, 5.74) is 1.06. The van der Waals surface area contributed by atoms with Gasteiger partial charge in [-0.05, 0) is 39.1 Å². The van der Waals surface area contributed by atoms with E-state index < -0.39 is 0 Å². The number of nitrogens with one attached hydrogen (secondary N) is 1. The van der Waals surface area contributed by atoms with Crippen LogP contribution in [0.4, 0.5) is 10.9 Å². The van der Waals surface area contributed by atoms with Crippen LogP contribution in [0.1, 0.15) is 24.5 Å². The van der Waals surface area contributed by atoms with Gasteiger partial charge in [-0.15, -0.1) is 11.3 Å². The van der Waals surface area contributed by atoms with Crippen LogP contribution >= 0.6 is 11.3 Å². The van der Waals surface area contributed by atoms with Crippen LogP contribution in [0.25, 0.3) is 0 Å². The van der Waals surface area contributed by atoms with Gasteiger partial charge in [-0.25, -0.2) is 9.97 Å². The molecule has 0 aliphatic carbocycles. The van der Waals surface area contributed by atoms with E-state index in [0.717, 1.165) is 49.1 Å². The largest absolute Gasteiger partial charge is 0.339 e. The number of pyridine rings is 1. The molecule has 2 aromatic rings. The summed E-state index contributed by atoms with van der Waals surface area (Å²) in [7, 11) is 3.98. The third kappa shape index (κ3) is 5.12. The SMILES string of the molecule is CN(C)C/C=C/C(=O)N1CCC[C@H](c2csc(Nc3ccccn3)n2)C1. The van der Waals surface area contributed by atoms with Crippen LogP contribution in [-0.2, 0) is 4.79 Å². The maximum Gasteiger partial charge on any atom is 0.246 e. The summed E-state index contributed by atoms with van der Waals surface area (Å²) in [5.74, 6) is 1.18. The number of rotatable bonds is 6. The smallest absolute Gasteiger partial charge is 0.246 e. The third-order valence-electron chi connectivity index (χ3n) is 4.30. The van der Waals surface area contributed by atoms with Gasteiger partial charge in [0.25, 0.3) is 0 Å².